The van der Waals surface area contributed by atoms with E-state index in [0.717, 1.165) is 12.1 Å². The lowest BCUT2D eigenvalue weighted by Gasteiger charge is -2.18. The third-order valence-electron chi connectivity index (χ3n) is 3.53. The van der Waals surface area contributed by atoms with Crippen LogP contribution in [0.1, 0.15) is 11.3 Å². The summed E-state index contributed by atoms with van der Waals surface area (Å²) in [6.45, 7) is 1.19. The molecule has 10 heteroatoms. The minimum Gasteiger partial charge on any atom is -0.455 e. The average molecular weight is 419 g/mol. The highest BCUT2D eigenvalue weighted by Gasteiger charge is 2.31. The molecule has 0 saturated carbocycles. The molecule has 0 fully saturated rings. The Morgan fingerprint density at radius 1 is 1.26 bits per heavy atom. The molecule has 2 aromatic rings. The molecule has 2 N–H and O–H groups in total. The van der Waals surface area contributed by atoms with Gasteiger partial charge in [0.25, 0.3) is 0 Å². The monoisotopic (exact) mass is 418 g/mol. The van der Waals surface area contributed by atoms with Crippen LogP contribution in [-0.4, -0.2) is 48.4 Å². The molecule has 2 rings (SSSR count). The van der Waals surface area contributed by atoms with Gasteiger partial charge in [-0.2, -0.15) is 18.3 Å². The number of thiocarbonyl (C=S) groups is 1. The zero-order chi connectivity index (χ0) is 20.2. The zero-order valence-corrected chi connectivity index (χ0v) is 16.2. The number of likely N-dealkylation sites (N-methyl/N-ethyl adjacent to an activating group) is 1. The van der Waals surface area contributed by atoms with E-state index in [0.29, 0.717) is 30.2 Å². The molecule has 1 aromatic heterocycles. The van der Waals surface area contributed by atoms with Crippen LogP contribution >= 0.6 is 23.8 Å². The van der Waals surface area contributed by atoms with Gasteiger partial charge in [0.15, 0.2) is 5.11 Å². The first-order chi connectivity index (χ1) is 12.6. The van der Waals surface area contributed by atoms with E-state index in [9.17, 15) is 13.2 Å². The standard InChI is InChI=1S/C17H18ClF3N4OS/c1-24(2)7-8-25(16(22)27)23-10-12-4-6-15(26-12)13-5-3-11(9-14(13)18)17(19,20)21/h3-6,9-10H,7-8H2,1-2H3,(H2,22,27). The highest BCUT2D eigenvalue weighted by Crippen LogP contribution is 2.36. The van der Waals surface area contributed by atoms with E-state index in [1.165, 1.54) is 17.3 Å². The number of rotatable bonds is 6. The van der Waals surface area contributed by atoms with Gasteiger partial charge in [0.2, 0.25) is 0 Å². The van der Waals surface area contributed by atoms with Crippen LogP contribution in [-0.2, 0) is 6.18 Å². The summed E-state index contributed by atoms with van der Waals surface area (Å²) in [7, 11) is 3.82. The normalized spacial score (nSPS) is 12.1. The van der Waals surface area contributed by atoms with Crippen molar-refractivity contribution in [3.8, 4) is 11.3 Å². The highest BCUT2D eigenvalue weighted by atomic mass is 35.5. The molecule has 1 aromatic carbocycles. The first-order valence-electron chi connectivity index (χ1n) is 7.80. The summed E-state index contributed by atoms with van der Waals surface area (Å²) in [5, 5.41) is 5.69. The van der Waals surface area contributed by atoms with Crippen molar-refractivity contribution in [3.63, 3.8) is 0 Å². The van der Waals surface area contributed by atoms with Gasteiger partial charge in [-0.05, 0) is 56.6 Å². The fourth-order valence-corrected chi connectivity index (χ4v) is 2.52. The summed E-state index contributed by atoms with van der Waals surface area (Å²) >= 11 is 10.9. The van der Waals surface area contributed by atoms with Crippen molar-refractivity contribution in [2.45, 2.75) is 6.18 Å². The summed E-state index contributed by atoms with van der Waals surface area (Å²) in [4.78, 5) is 1.96. The summed E-state index contributed by atoms with van der Waals surface area (Å²) < 4.78 is 43.8. The Bertz CT molecular complexity index is 836. The topological polar surface area (TPSA) is 58.0 Å². The molecule has 0 saturated heterocycles. The smallest absolute Gasteiger partial charge is 0.416 e. The Morgan fingerprint density at radius 2 is 1.96 bits per heavy atom. The van der Waals surface area contributed by atoms with Crippen LogP contribution in [0.5, 0.6) is 0 Å². The molecule has 1 heterocycles. The largest absolute Gasteiger partial charge is 0.455 e. The van der Waals surface area contributed by atoms with Crippen LogP contribution in [0.25, 0.3) is 11.3 Å². The maximum Gasteiger partial charge on any atom is 0.416 e. The van der Waals surface area contributed by atoms with Crippen molar-refractivity contribution in [1.82, 2.24) is 9.91 Å². The quantitative estimate of drug-likeness (QED) is 0.435. The molecule has 5 nitrogen and oxygen atoms in total. The Balaban J connectivity index is 2.17. The second kappa shape index (κ2) is 8.73. The molecule has 0 amide bonds. The molecule has 0 aliphatic heterocycles. The van der Waals surface area contributed by atoms with Crippen LogP contribution in [0.4, 0.5) is 13.2 Å². The van der Waals surface area contributed by atoms with Crippen LogP contribution in [0.15, 0.2) is 39.9 Å². The van der Waals surface area contributed by atoms with Gasteiger partial charge in [0, 0.05) is 12.1 Å². The van der Waals surface area contributed by atoms with Crippen LogP contribution in [0.2, 0.25) is 5.02 Å². The molecule has 0 aliphatic rings. The average Bonchev–Trinajstić information content (AvgIpc) is 3.01. The van der Waals surface area contributed by atoms with E-state index in [1.54, 1.807) is 12.1 Å². The van der Waals surface area contributed by atoms with Gasteiger partial charge in [-0.15, -0.1) is 0 Å². The fraction of sp³-hybridized carbons (Fsp3) is 0.294. The number of hydrazone groups is 1. The number of alkyl halides is 3. The summed E-state index contributed by atoms with van der Waals surface area (Å²) in [5.74, 6) is 0.706. The first-order valence-corrected chi connectivity index (χ1v) is 8.59. The van der Waals surface area contributed by atoms with E-state index in [2.05, 4.69) is 5.10 Å². The SMILES string of the molecule is CN(C)CCN(N=Cc1ccc(-c2ccc(C(F)(F)F)cc2Cl)o1)C(N)=S. The lowest BCUT2D eigenvalue weighted by molar-refractivity contribution is -0.137. The Kier molecular flexibility index (Phi) is 6.85. The molecule has 27 heavy (non-hydrogen) atoms. The molecule has 0 radical (unpaired) electrons. The van der Waals surface area contributed by atoms with Gasteiger partial charge in [-0.25, -0.2) is 5.01 Å². The number of furan rings is 1. The molecule has 0 unspecified atom stereocenters. The fourth-order valence-electron chi connectivity index (χ4n) is 2.10. The third kappa shape index (κ3) is 5.95. The third-order valence-corrected chi connectivity index (χ3v) is 4.05. The molecular weight excluding hydrogens is 401 g/mol. The van der Waals surface area contributed by atoms with Gasteiger partial charge in [-0.1, -0.05) is 11.6 Å². The summed E-state index contributed by atoms with van der Waals surface area (Å²) in [5.41, 5.74) is 5.17. The Labute approximate surface area is 165 Å². The molecule has 0 atom stereocenters. The minimum absolute atomic E-state index is 0.0570. The van der Waals surface area contributed by atoms with Crippen molar-refractivity contribution < 1.29 is 17.6 Å². The number of nitrogens with zero attached hydrogens (tertiary/aromatic N) is 3. The molecule has 0 aliphatic carbocycles. The van der Waals surface area contributed by atoms with Gasteiger partial charge < -0.3 is 15.1 Å². The highest BCUT2D eigenvalue weighted by molar-refractivity contribution is 7.80. The predicted octanol–water partition coefficient (Wildman–Crippen LogP) is 4.06. The Hall–Kier alpha value is -2.10. The molecule has 146 valence electrons. The second-order valence-electron chi connectivity index (χ2n) is 5.90. The predicted molar refractivity (Wildman–Crippen MR) is 104 cm³/mol. The lowest BCUT2D eigenvalue weighted by Crippen LogP contribution is -2.36. The van der Waals surface area contributed by atoms with Crippen molar-refractivity contribution in [1.29, 1.82) is 0 Å². The van der Waals surface area contributed by atoms with Crippen molar-refractivity contribution in [2.24, 2.45) is 10.8 Å². The first kappa shape index (κ1) is 21.2. The van der Waals surface area contributed by atoms with Crippen LogP contribution in [0.3, 0.4) is 0 Å². The van der Waals surface area contributed by atoms with Gasteiger partial charge >= 0.3 is 6.18 Å². The van der Waals surface area contributed by atoms with E-state index in [4.69, 9.17) is 34.0 Å². The van der Waals surface area contributed by atoms with Crippen molar-refractivity contribution in [3.05, 3.63) is 46.7 Å². The van der Waals surface area contributed by atoms with E-state index in [1.807, 2.05) is 19.0 Å². The second-order valence-corrected chi connectivity index (χ2v) is 6.73. The van der Waals surface area contributed by atoms with Gasteiger partial charge in [0.1, 0.15) is 11.5 Å². The minimum atomic E-state index is -4.46. The van der Waals surface area contributed by atoms with Crippen LogP contribution < -0.4 is 5.73 Å². The van der Waals surface area contributed by atoms with E-state index < -0.39 is 11.7 Å². The van der Waals surface area contributed by atoms with Crippen molar-refractivity contribution in [2.75, 3.05) is 27.2 Å². The van der Waals surface area contributed by atoms with E-state index in [-0.39, 0.29) is 10.1 Å². The van der Waals surface area contributed by atoms with Gasteiger partial charge in [-0.3, -0.25) is 0 Å². The van der Waals surface area contributed by atoms with Gasteiger partial charge in [0.05, 0.1) is 23.3 Å². The number of benzene rings is 1. The van der Waals surface area contributed by atoms with Crippen molar-refractivity contribution >= 4 is 35.1 Å². The molecular formula is C17H18ClF3N4OS. The summed E-state index contributed by atoms with van der Waals surface area (Å²) in [6.07, 6.45) is -3.03. The van der Waals surface area contributed by atoms with Crippen LogP contribution in [0, 0.1) is 0 Å². The van der Waals surface area contributed by atoms with E-state index >= 15 is 0 Å². The zero-order valence-electron chi connectivity index (χ0n) is 14.6. The number of nitrogens with two attached hydrogens (primary N) is 1. The summed E-state index contributed by atoms with van der Waals surface area (Å²) in [6, 6.07) is 6.30. The number of hydrogen-bond acceptors (Lipinski definition) is 4. The number of halogens is 4. The number of hydrogen-bond donors (Lipinski definition) is 1. The lowest BCUT2D eigenvalue weighted by atomic mass is 10.1. The maximum atomic E-state index is 12.7. The maximum absolute atomic E-state index is 12.7. The molecule has 0 bridgehead atoms. The Morgan fingerprint density at radius 3 is 2.52 bits per heavy atom. The molecule has 0 spiro atoms.